The molecule has 0 aliphatic carbocycles. The van der Waals surface area contributed by atoms with Gasteiger partial charge < -0.3 is 28.4 Å². The highest BCUT2D eigenvalue weighted by atomic mass is 16.5. The van der Waals surface area contributed by atoms with Crippen molar-refractivity contribution in [2.75, 3.05) is 28.4 Å². The predicted molar refractivity (Wildman–Crippen MR) is 260 cm³/mol. The van der Waals surface area contributed by atoms with E-state index in [0.717, 1.165) is 122 Å². The summed E-state index contributed by atoms with van der Waals surface area (Å²) in [4.78, 5) is 0. The summed E-state index contributed by atoms with van der Waals surface area (Å²) in [5.74, 6) is 4.70. The van der Waals surface area contributed by atoms with Gasteiger partial charge in [-0.05, 0) is 114 Å². The van der Waals surface area contributed by atoms with Gasteiger partial charge in [-0.1, -0.05) is 133 Å². The second kappa shape index (κ2) is 17.4. The van der Waals surface area contributed by atoms with E-state index in [1.807, 2.05) is 84.9 Å². The average molecular weight is 839 g/mol. The van der Waals surface area contributed by atoms with Crippen LogP contribution in [0.1, 0.15) is 11.1 Å². The molecule has 0 bridgehead atoms. The molecular formula is C58H46O6. The molecule has 6 nitrogen and oxygen atoms in total. The van der Waals surface area contributed by atoms with Gasteiger partial charge >= 0.3 is 0 Å². The van der Waals surface area contributed by atoms with E-state index in [-0.39, 0.29) is 0 Å². The van der Waals surface area contributed by atoms with Gasteiger partial charge in [0.2, 0.25) is 0 Å². The number of rotatable bonds is 14. The fourth-order valence-electron chi connectivity index (χ4n) is 8.99. The first-order chi connectivity index (χ1) is 31.6. The van der Waals surface area contributed by atoms with Gasteiger partial charge in [0.15, 0.2) is 0 Å². The molecule has 0 N–H and O–H groups in total. The van der Waals surface area contributed by atoms with Gasteiger partial charge in [-0.2, -0.15) is 0 Å². The number of hydrogen-bond acceptors (Lipinski definition) is 6. The van der Waals surface area contributed by atoms with E-state index in [1.54, 1.807) is 28.4 Å². The minimum atomic E-state index is 0.381. The molecule has 10 aromatic carbocycles. The summed E-state index contributed by atoms with van der Waals surface area (Å²) in [6, 6.07) is 62.8. The Hall–Kier alpha value is -7.96. The first-order valence-electron chi connectivity index (χ1n) is 21.3. The summed E-state index contributed by atoms with van der Waals surface area (Å²) in [6.07, 6.45) is 0. The lowest BCUT2D eigenvalue weighted by Gasteiger charge is -2.26. The van der Waals surface area contributed by atoms with E-state index < -0.39 is 0 Å². The minimum absolute atomic E-state index is 0.381. The van der Waals surface area contributed by atoms with Crippen molar-refractivity contribution in [1.29, 1.82) is 0 Å². The second-order valence-electron chi connectivity index (χ2n) is 15.7. The minimum Gasteiger partial charge on any atom is -0.497 e. The highest BCUT2D eigenvalue weighted by Gasteiger charge is 2.28. The Balaban J connectivity index is 1.37. The molecular weight excluding hydrogens is 793 g/mol. The second-order valence-corrected chi connectivity index (χ2v) is 15.7. The molecule has 10 rings (SSSR count). The van der Waals surface area contributed by atoms with E-state index in [4.69, 9.17) is 28.4 Å². The third kappa shape index (κ3) is 7.33. The molecule has 0 heterocycles. The van der Waals surface area contributed by atoms with Crippen molar-refractivity contribution in [1.82, 2.24) is 0 Å². The lowest BCUT2D eigenvalue weighted by Crippen LogP contribution is -2.03. The molecule has 314 valence electrons. The van der Waals surface area contributed by atoms with Gasteiger partial charge in [0.25, 0.3) is 0 Å². The average Bonchev–Trinajstić information content (AvgIpc) is 3.37. The maximum absolute atomic E-state index is 7.14. The maximum Gasteiger partial charge on any atom is 0.136 e. The molecule has 0 saturated heterocycles. The van der Waals surface area contributed by atoms with Crippen molar-refractivity contribution >= 4 is 32.3 Å². The highest BCUT2D eigenvalue weighted by Crippen LogP contribution is 2.56. The summed E-state index contributed by atoms with van der Waals surface area (Å²) >= 11 is 0. The summed E-state index contributed by atoms with van der Waals surface area (Å²) in [6.45, 7) is 0.762. The monoisotopic (exact) mass is 838 g/mol. The van der Waals surface area contributed by atoms with E-state index in [1.165, 1.54) is 0 Å². The Morgan fingerprint density at radius 2 is 0.531 bits per heavy atom. The summed E-state index contributed by atoms with van der Waals surface area (Å²) in [5.41, 5.74) is 10.2. The van der Waals surface area contributed by atoms with Crippen LogP contribution < -0.4 is 28.4 Å². The van der Waals surface area contributed by atoms with E-state index in [2.05, 4.69) is 97.1 Å². The molecule has 0 saturated carbocycles. The van der Waals surface area contributed by atoms with Gasteiger partial charge in [-0.25, -0.2) is 0 Å². The van der Waals surface area contributed by atoms with Crippen molar-refractivity contribution in [3.63, 3.8) is 0 Å². The van der Waals surface area contributed by atoms with Crippen LogP contribution in [0.15, 0.2) is 182 Å². The van der Waals surface area contributed by atoms with Gasteiger partial charge in [0, 0.05) is 22.3 Å². The van der Waals surface area contributed by atoms with Crippen LogP contribution in [-0.2, 0) is 13.2 Å². The van der Waals surface area contributed by atoms with Crippen LogP contribution in [0.2, 0.25) is 0 Å². The first kappa shape index (κ1) is 40.1. The SMILES string of the molecule is COc1ccc(-c2c(OCc3ccccc3)c(-c3ccc(OC)cc3)c3ccc4c(-c5ccc(OC)cc5)c(OCc5ccccc5)c(-c5ccc(OC)cc5)c5ccc2c3c54)cc1. The van der Waals surface area contributed by atoms with Gasteiger partial charge in [-0.15, -0.1) is 0 Å². The smallest absolute Gasteiger partial charge is 0.136 e. The molecule has 6 heteroatoms. The predicted octanol–water partition coefficient (Wildman–Crippen LogP) is 14.4. The highest BCUT2D eigenvalue weighted by molar-refractivity contribution is 6.34. The molecule has 0 aromatic heterocycles. The van der Waals surface area contributed by atoms with Gasteiger partial charge in [0.1, 0.15) is 47.7 Å². The largest absolute Gasteiger partial charge is 0.497 e. The Morgan fingerprint density at radius 1 is 0.281 bits per heavy atom. The van der Waals surface area contributed by atoms with Crippen molar-refractivity contribution in [3.8, 4) is 79.0 Å². The summed E-state index contributed by atoms with van der Waals surface area (Å²) in [5, 5.41) is 6.52. The zero-order valence-corrected chi connectivity index (χ0v) is 36.2. The molecule has 0 aliphatic rings. The van der Waals surface area contributed by atoms with Crippen LogP contribution in [0.3, 0.4) is 0 Å². The number of ether oxygens (including phenoxy) is 6. The molecule has 64 heavy (non-hydrogen) atoms. The Labute approximate surface area is 373 Å². The third-order valence-corrected chi connectivity index (χ3v) is 12.1. The number of benzene rings is 10. The van der Waals surface area contributed by atoms with Crippen molar-refractivity contribution in [3.05, 3.63) is 193 Å². The van der Waals surface area contributed by atoms with Crippen LogP contribution >= 0.6 is 0 Å². The topological polar surface area (TPSA) is 55.4 Å². The molecule has 0 atom stereocenters. The summed E-state index contributed by atoms with van der Waals surface area (Å²) in [7, 11) is 6.78. The number of methoxy groups -OCH3 is 4. The zero-order valence-electron chi connectivity index (χ0n) is 36.2. The van der Waals surface area contributed by atoms with Crippen LogP contribution in [-0.4, -0.2) is 28.4 Å². The van der Waals surface area contributed by atoms with Crippen LogP contribution in [0, 0.1) is 0 Å². The van der Waals surface area contributed by atoms with Gasteiger partial charge in [-0.3, -0.25) is 0 Å². The number of hydrogen-bond donors (Lipinski definition) is 0. The van der Waals surface area contributed by atoms with Crippen LogP contribution in [0.4, 0.5) is 0 Å². The van der Waals surface area contributed by atoms with Crippen molar-refractivity contribution in [2.45, 2.75) is 13.2 Å². The molecule has 0 aliphatic heterocycles. The van der Waals surface area contributed by atoms with E-state index in [9.17, 15) is 0 Å². The Kier molecular flexibility index (Phi) is 10.9. The van der Waals surface area contributed by atoms with Crippen molar-refractivity contribution < 1.29 is 28.4 Å². The fourth-order valence-corrected chi connectivity index (χ4v) is 8.99. The van der Waals surface area contributed by atoms with Gasteiger partial charge in [0.05, 0.1) is 28.4 Å². The lowest BCUT2D eigenvalue weighted by atomic mass is 9.80. The Morgan fingerprint density at radius 3 is 0.766 bits per heavy atom. The van der Waals surface area contributed by atoms with Crippen molar-refractivity contribution in [2.24, 2.45) is 0 Å². The quantitative estimate of drug-likeness (QED) is 0.102. The Bertz CT molecular complexity index is 2810. The maximum atomic E-state index is 7.14. The fraction of sp³-hybridized carbons (Fsp3) is 0.103. The first-order valence-corrected chi connectivity index (χ1v) is 21.3. The molecule has 0 amide bonds. The molecule has 0 fully saturated rings. The molecule has 0 spiro atoms. The lowest BCUT2D eigenvalue weighted by molar-refractivity contribution is 0.309. The summed E-state index contributed by atoms with van der Waals surface area (Å²) < 4.78 is 36.9. The zero-order chi connectivity index (χ0) is 43.6. The normalized spacial score (nSPS) is 11.2. The van der Waals surface area contributed by atoms with E-state index in [0.29, 0.717) is 13.2 Å². The van der Waals surface area contributed by atoms with Crippen LogP contribution in [0.25, 0.3) is 76.8 Å². The van der Waals surface area contributed by atoms with E-state index >= 15 is 0 Å². The van der Waals surface area contributed by atoms with Crippen LogP contribution in [0.5, 0.6) is 34.5 Å². The third-order valence-electron chi connectivity index (χ3n) is 12.1. The molecule has 0 unspecified atom stereocenters. The molecule has 0 radical (unpaired) electrons. The molecule has 10 aromatic rings. The standard InChI is InChI=1S/C58H46O6/c1-59-43-23-15-39(16-24-43)51-47-31-32-49-53(41-19-27-45(61-3)28-20-41)58(64-36-38-13-9-6-10-14-38)54(42-21-29-46(62-4)30-22-42)50-34-33-48(55(47)56(49)50)52(40-17-25-44(60-2)26-18-40)57(51)63-35-37-11-7-5-8-12-37/h5-34H,35-36H2,1-4H3.